The van der Waals surface area contributed by atoms with Crippen LogP contribution < -0.4 is 15.8 Å². The number of anilines is 1. The summed E-state index contributed by atoms with van der Waals surface area (Å²) in [6, 6.07) is 16.0. The van der Waals surface area contributed by atoms with E-state index in [0.717, 1.165) is 21.5 Å². The van der Waals surface area contributed by atoms with Gasteiger partial charge < -0.3 is 15.8 Å². The SMILES string of the molecule is COc1ccccc1NC(CN)c1cccc(Br)c1. The van der Waals surface area contributed by atoms with Crippen LogP contribution in [0.3, 0.4) is 0 Å². The van der Waals surface area contributed by atoms with Crippen molar-refractivity contribution in [1.29, 1.82) is 0 Å². The molecule has 4 heteroatoms. The zero-order chi connectivity index (χ0) is 13.7. The molecule has 3 N–H and O–H groups in total. The topological polar surface area (TPSA) is 47.3 Å². The number of hydrogen-bond donors (Lipinski definition) is 2. The van der Waals surface area contributed by atoms with Crippen molar-refractivity contribution >= 4 is 21.6 Å². The highest BCUT2D eigenvalue weighted by molar-refractivity contribution is 9.10. The van der Waals surface area contributed by atoms with E-state index in [4.69, 9.17) is 10.5 Å². The molecule has 0 spiro atoms. The van der Waals surface area contributed by atoms with E-state index in [-0.39, 0.29) is 6.04 Å². The third kappa shape index (κ3) is 3.49. The molecule has 0 amide bonds. The summed E-state index contributed by atoms with van der Waals surface area (Å²) in [5.74, 6) is 0.816. The molecule has 0 aromatic heterocycles. The first-order valence-electron chi connectivity index (χ1n) is 6.09. The first kappa shape index (κ1) is 13.9. The minimum Gasteiger partial charge on any atom is -0.495 e. The fraction of sp³-hybridized carbons (Fsp3) is 0.200. The van der Waals surface area contributed by atoms with E-state index in [0.29, 0.717) is 6.54 Å². The van der Waals surface area contributed by atoms with E-state index < -0.39 is 0 Å². The molecule has 0 aliphatic rings. The molecule has 100 valence electrons. The Kier molecular flexibility index (Phi) is 4.82. The molecule has 0 fully saturated rings. The molecule has 2 aromatic carbocycles. The van der Waals surface area contributed by atoms with Crippen LogP contribution in [0.5, 0.6) is 5.75 Å². The van der Waals surface area contributed by atoms with E-state index in [1.807, 2.05) is 36.4 Å². The van der Waals surface area contributed by atoms with Crippen molar-refractivity contribution in [1.82, 2.24) is 0 Å². The Balaban J connectivity index is 2.24. The maximum Gasteiger partial charge on any atom is 0.141 e. The van der Waals surface area contributed by atoms with Gasteiger partial charge >= 0.3 is 0 Å². The first-order chi connectivity index (χ1) is 9.24. The van der Waals surface area contributed by atoms with Gasteiger partial charge in [0, 0.05) is 11.0 Å². The zero-order valence-corrected chi connectivity index (χ0v) is 12.4. The van der Waals surface area contributed by atoms with Gasteiger partial charge in [-0.15, -0.1) is 0 Å². The first-order valence-corrected chi connectivity index (χ1v) is 6.89. The number of methoxy groups -OCH3 is 1. The van der Waals surface area contributed by atoms with Crippen molar-refractivity contribution in [2.75, 3.05) is 19.0 Å². The molecule has 1 unspecified atom stereocenters. The molecule has 2 rings (SSSR count). The quantitative estimate of drug-likeness (QED) is 0.885. The van der Waals surface area contributed by atoms with Gasteiger partial charge in [0.05, 0.1) is 18.8 Å². The molecular weight excluding hydrogens is 304 g/mol. The van der Waals surface area contributed by atoms with Crippen molar-refractivity contribution in [2.24, 2.45) is 5.73 Å². The van der Waals surface area contributed by atoms with E-state index in [9.17, 15) is 0 Å². The van der Waals surface area contributed by atoms with Gasteiger partial charge in [-0.3, -0.25) is 0 Å². The summed E-state index contributed by atoms with van der Waals surface area (Å²) in [5, 5.41) is 3.42. The lowest BCUT2D eigenvalue weighted by atomic mass is 10.1. The Morgan fingerprint density at radius 2 is 2.00 bits per heavy atom. The summed E-state index contributed by atoms with van der Waals surface area (Å²) in [7, 11) is 1.66. The van der Waals surface area contributed by atoms with Gasteiger partial charge in [-0.1, -0.05) is 40.2 Å². The molecule has 0 aliphatic heterocycles. The second-order valence-corrected chi connectivity index (χ2v) is 5.10. The zero-order valence-electron chi connectivity index (χ0n) is 10.8. The Labute approximate surface area is 121 Å². The fourth-order valence-electron chi connectivity index (χ4n) is 1.95. The number of nitrogens with one attached hydrogen (secondary N) is 1. The molecular formula is C15H17BrN2O. The van der Waals surface area contributed by atoms with Gasteiger partial charge in [0.25, 0.3) is 0 Å². The number of para-hydroxylation sites is 2. The van der Waals surface area contributed by atoms with Gasteiger partial charge in [-0.2, -0.15) is 0 Å². The lowest BCUT2D eigenvalue weighted by Crippen LogP contribution is -2.20. The summed E-state index contributed by atoms with van der Waals surface area (Å²) < 4.78 is 6.38. The minimum atomic E-state index is 0.0498. The number of halogens is 1. The lowest BCUT2D eigenvalue weighted by Gasteiger charge is -2.20. The molecule has 0 radical (unpaired) electrons. The Bertz CT molecular complexity index is 545. The number of hydrogen-bond acceptors (Lipinski definition) is 3. The molecule has 1 atom stereocenters. The van der Waals surface area contributed by atoms with Crippen molar-refractivity contribution < 1.29 is 4.74 Å². The molecule has 0 aliphatic carbocycles. The number of rotatable bonds is 5. The van der Waals surface area contributed by atoms with Crippen molar-refractivity contribution in [3.8, 4) is 5.75 Å². The van der Waals surface area contributed by atoms with Crippen LogP contribution in [0, 0.1) is 0 Å². The van der Waals surface area contributed by atoms with Crippen LogP contribution in [-0.4, -0.2) is 13.7 Å². The summed E-state index contributed by atoms with van der Waals surface area (Å²) in [6.07, 6.45) is 0. The number of ether oxygens (including phenoxy) is 1. The third-order valence-electron chi connectivity index (χ3n) is 2.92. The van der Waals surface area contributed by atoms with Crippen LogP contribution in [0.2, 0.25) is 0 Å². The molecule has 0 saturated carbocycles. The van der Waals surface area contributed by atoms with Crippen molar-refractivity contribution in [3.63, 3.8) is 0 Å². The normalized spacial score (nSPS) is 11.9. The van der Waals surface area contributed by atoms with Crippen LogP contribution in [0.4, 0.5) is 5.69 Å². The maximum atomic E-state index is 5.88. The van der Waals surface area contributed by atoms with Crippen LogP contribution in [0.15, 0.2) is 53.0 Å². The highest BCUT2D eigenvalue weighted by Crippen LogP contribution is 2.28. The van der Waals surface area contributed by atoms with Crippen LogP contribution in [0.1, 0.15) is 11.6 Å². The van der Waals surface area contributed by atoms with Crippen molar-refractivity contribution in [2.45, 2.75) is 6.04 Å². The van der Waals surface area contributed by atoms with Gasteiger partial charge in [0.15, 0.2) is 0 Å². The minimum absolute atomic E-state index is 0.0498. The predicted molar refractivity (Wildman–Crippen MR) is 82.6 cm³/mol. The smallest absolute Gasteiger partial charge is 0.141 e. The Morgan fingerprint density at radius 1 is 1.21 bits per heavy atom. The van der Waals surface area contributed by atoms with Crippen LogP contribution >= 0.6 is 15.9 Å². The molecule has 2 aromatic rings. The van der Waals surface area contributed by atoms with E-state index >= 15 is 0 Å². The second kappa shape index (κ2) is 6.59. The fourth-order valence-corrected chi connectivity index (χ4v) is 2.37. The van der Waals surface area contributed by atoms with Gasteiger partial charge in [0.1, 0.15) is 5.75 Å². The van der Waals surface area contributed by atoms with Gasteiger partial charge in [0.2, 0.25) is 0 Å². The standard InChI is InChI=1S/C15H17BrN2O/c1-19-15-8-3-2-7-13(15)18-14(10-17)11-5-4-6-12(16)9-11/h2-9,14,18H,10,17H2,1H3. The summed E-state index contributed by atoms with van der Waals surface area (Å²) >= 11 is 3.48. The molecule has 19 heavy (non-hydrogen) atoms. The van der Waals surface area contributed by atoms with E-state index in [2.05, 4.69) is 33.4 Å². The highest BCUT2D eigenvalue weighted by atomic mass is 79.9. The van der Waals surface area contributed by atoms with E-state index in [1.54, 1.807) is 7.11 Å². The third-order valence-corrected chi connectivity index (χ3v) is 3.42. The van der Waals surface area contributed by atoms with Gasteiger partial charge in [-0.25, -0.2) is 0 Å². The maximum absolute atomic E-state index is 5.88. The summed E-state index contributed by atoms with van der Waals surface area (Å²) in [6.45, 7) is 0.508. The molecule has 0 heterocycles. The molecule has 3 nitrogen and oxygen atoms in total. The Hall–Kier alpha value is -1.52. The van der Waals surface area contributed by atoms with Crippen LogP contribution in [-0.2, 0) is 0 Å². The Morgan fingerprint density at radius 3 is 2.68 bits per heavy atom. The second-order valence-electron chi connectivity index (χ2n) is 4.19. The molecule has 0 bridgehead atoms. The summed E-state index contributed by atoms with van der Waals surface area (Å²) in [4.78, 5) is 0. The highest BCUT2D eigenvalue weighted by Gasteiger charge is 2.11. The van der Waals surface area contributed by atoms with E-state index in [1.165, 1.54) is 0 Å². The number of benzene rings is 2. The average Bonchev–Trinajstić information content (AvgIpc) is 2.45. The number of nitrogens with two attached hydrogens (primary N) is 1. The average molecular weight is 321 g/mol. The summed E-state index contributed by atoms with van der Waals surface area (Å²) in [5.41, 5.74) is 7.96. The predicted octanol–water partition coefficient (Wildman–Crippen LogP) is 3.57. The monoisotopic (exact) mass is 320 g/mol. The van der Waals surface area contributed by atoms with Gasteiger partial charge in [-0.05, 0) is 29.8 Å². The lowest BCUT2D eigenvalue weighted by molar-refractivity contribution is 0.416. The van der Waals surface area contributed by atoms with Crippen LogP contribution in [0.25, 0.3) is 0 Å². The van der Waals surface area contributed by atoms with Crippen molar-refractivity contribution in [3.05, 3.63) is 58.6 Å². The largest absolute Gasteiger partial charge is 0.495 e. The molecule has 0 saturated heterocycles.